The van der Waals surface area contributed by atoms with Crippen LogP contribution >= 0.6 is 0 Å². The number of carbonyl (C=O) groups excluding carboxylic acids is 4. The lowest BCUT2D eigenvalue weighted by atomic mass is 9.95. The van der Waals surface area contributed by atoms with Gasteiger partial charge < -0.3 is 62.7 Å². The van der Waals surface area contributed by atoms with E-state index in [1.165, 1.54) is 38.5 Å². The molecule has 3 atom stereocenters. The molecule has 0 rings (SSSR count). The average molecular weight is 1050 g/mol. The van der Waals surface area contributed by atoms with E-state index in [2.05, 4.69) is 38.3 Å². The third kappa shape index (κ3) is 50.1. The molecule has 0 aliphatic rings. The number of rotatable bonds is 59. The van der Waals surface area contributed by atoms with Crippen molar-refractivity contribution in [1.82, 2.24) is 10.6 Å². The smallest absolute Gasteiger partial charge is 0.320 e. The Labute approximate surface area is 443 Å². The molecule has 0 saturated heterocycles. The van der Waals surface area contributed by atoms with Crippen LogP contribution < -0.4 is 10.6 Å². The highest BCUT2D eigenvalue weighted by Crippen LogP contribution is 2.21. The van der Waals surface area contributed by atoms with E-state index < -0.39 is 5.97 Å². The normalized spacial score (nSPS) is 12.7. The number of hydrogen-bond donors (Lipinski definition) is 2. The van der Waals surface area contributed by atoms with Crippen LogP contribution in [0, 0.1) is 11.8 Å². The van der Waals surface area contributed by atoms with Crippen molar-refractivity contribution in [3.63, 3.8) is 0 Å². The molecular formula is C56H108N2O15. The summed E-state index contributed by atoms with van der Waals surface area (Å²) in [7, 11) is 1.59. The zero-order chi connectivity index (χ0) is 53.3. The predicted molar refractivity (Wildman–Crippen MR) is 286 cm³/mol. The monoisotopic (exact) mass is 1050 g/mol. The zero-order valence-corrected chi connectivity index (χ0v) is 47.0. The van der Waals surface area contributed by atoms with Crippen molar-refractivity contribution >= 4 is 23.9 Å². The molecule has 432 valence electrons. The summed E-state index contributed by atoms with van der Waals surface area (Å²) in [5, 5.41) is 5.77. The highest BCUT2D eigenvalue weighted by atomic mass is 16.6. The summed E-state index contributed by atoms with van der Waals surface area (Å²) in [4.78, 5) is 49.0. The van der Waals surface area contributed by atoms with Gasteiger partial charge in [-0.05, 0) is 64.2 Å². The number of carbonyl (C=O) groups is 4. The van der Waals surface area contributed by atoms with E-state index >= 15 is 0 Å². The van der Waals surface area contributed by atoms with E-state index in [-0.39, 0.29) is 68.8 Å². The molecule has 73 heavy (non-hydrogen) atoms. The maximum Gasteiger partial charge on any atom is 0.320 e. The summed E-state index contributed by atoms with van der Waals surface area (Å²) in [6.45, 7) is 16.2. The van der Waals surface area contributed by atoms with E-state index in [0.717, 1.165) is 116 Å². The SMILES string of the molecule is CCCCCCC(CCCC)C(=O)OCCCCCCOCC(COCCOCCOCCOCCOC(=O)CNCCOC(=O)CNCCOC)OCCCCCCOC(=O)C(CCCC)CCCCCC. The standard InChI is InChI=1S/C56H108N2O15/c1-6-10-14-20-28-50(26-12-8-3)55(61)72-34-24-17-16-22-32-67-48-52(69-33-23-18-19-25-35-73-56(62)51(27-13-9-4)29-21-15-11-7-2)49-68-43-42-65-39-38-64-40-41-66-44-45-71-54(60)47-58-31-37-70-53(59)46-57-30-36-63-5/h50-52,57-58H,6-49H2,1-5H3. The predicted octanol–water partition coefficient (Wildman–Crippen LogP) is 9.13. The fourth-order valence-electron chi connectivity index (χ4n) is 7.69. The lowest BCUT2D eigenvalue weighted by Crippen LogP contribution is -2.31. The largest absolute Gasteiger partial charge is 0.465 e. The third-order valence-corrected chi connectivity index (χ3v) is 12.1. The molecule has 0 aliphatic carbocycles. The number of unbranched alkanes of at least 4 members (excludes halogenated alkanes) is 14. The van der Waals surface area contributed by atoms with E-state index in [9.17, 15) is 19.2 Å². The van der Waals surface area contributed by atoms with E-state index in [0.29, 0.717) is 99.0 Å². The van der Waals surface area contributed by atoms with Gasteiger partial charge in [0.15, 0.2) is 0 Å². The number of nitrogens with one attached hydrogen (secondary N) is 2. The quantitative estimate of drug-likeness (QED) is 0.0332. The second-order valence-corrected chi connectivity index (χ2v) is 18.8. The van der Waals surface area contributed by atoms with E-state index in [4.69, 9.17) is 52.1 Å². The zero-order valence-electron chi connectivity index (χ0n) is 47.0. The Bertz CT molecular complexity index is 1220. The molecule has 0 fully saturated rings. The minimum absolute atomic E-state index is 0.00569. The van der Waals surface area contributed by atoms with Crippen LogP contribution in [-0.4, -0.2) is 169 Å². The number of hydrogen-bond acceptors (Lipinski definition) is 17. The maximum atomic E-state index is 12.8. The molecular weight excluding hydrogens is 941 g/mol. The molecule has 3 unspecified atom stereocenters. The maximum absolute atomic E-state index is 12.8. The van der Waals surface area contributed by atoms with Gasteiger partial charge in [0.1, 0.15) is 19.3 Å². The number of ether oxygens (including phenoxy) is 11. The Kier molecular flexibility index (Phi) is 55.3. The molecule has 0 amide bonds. The van der Waals surface area contributed by atoms with Gasteiger partial charge in [0.05, 0.1) is 104 Å². The Hall–Kier alpha value is -2.48. The fourth-order valence-corrected chi connectivity index (χ4v) is 7.69. The van der Waals surface area contributed by atoms with Gasteiger partial charge in [-0.1, -0.05) is 118 Å². The van der Waals surface area contributed by atoms with Crippen LogP contribution in [0.1, 0.15) is 182 Å². The van der Waals surface area contributed by atoms with Crippen LogP contribution in [0.15, 0.2) is 0 Å². The molecule has 0 aromatic heterocycles. The van der Waals surface area contributed by atoms with Crippen LogP contribution in [0.2, 0.25) is 0 Å². The van der Waals surface area contributed by atoms with E-state index in [1.54, 1.807) is 7.11 Å². The van der Waals surface area contributed by atoms with Crippen LogP contribution in [0.3, 0.4) is 0 Å². The minimum Gasteiger partial charge on any atom is -0.465 e. The Balaban J connectivity index is 4.39. The van der Waals surface area contributed by atoms with Crippen LogP contribution in [0.25, 0.3) is 0 Å². The molecule has 0 aromatic carbocycles. The molecule has 2 N–H and O–H groups in total. The molecule has 0 radical (unpaired) electrons. The van der Waals surface area contributed by atoms with Gasteiger partial charge >= 0.3 is 23.9 Å². The first kappa shape index (κ1) is 70.5. The molecule has 0 aromatic rings. The number of esters is 4. The summed E-state index contributed by atoms with van der Waals surface area (Å²) >= 11 is 0. The second-order valence-electron chi connectivity index (χ2n) is 18.8. The summed E-state index contributed by atoms with van der Waals surface area (Å²) < 4.78 is 61.5. The van der Waals surface area contributed by atoms with Gasteiger partial charge in [0, 0.05) is 33.4 Å². The highest BCUT2D eigenvalue weighted by Gasteiger charge is 2.20. The van der Waals surface area contributed by atoms with Gasteiger partial charge in [-0.15, -0.1) is 0 Å². The van der Waals surface area contributed by atoms with Crippen molar-refractivity contribution < 1.29 is 71.3 Å². The van der Waals surface area contributed by atoms with Gasteiger partial charge in [0.25, 0.3) is 0 Å². The van der Waals surface area contributed by atoms with Crippen molar-refractivity contribution in [2.24, 2.45) is 11.8 Å². The van der Waals surface area contributed by atoms with Gasteiger partial charge in [0.2, 0.25) is 0 Å². The second kappa shape index (κ2) is 57.2. The van der Waals surface area contributed by atoms with Crippen molar-refractivity contribution in [2.75, 3.05) is 139 Å². The van der Waals surface area contributed by atoms with Gasteiger partial charge in [-0.3, -0.25) is 19.2 Å². The Morgan fingerprint density at radius 1 is 0.356 bits per heavy atom. The summed E-state index contributed by atoms with van der Waals surface area (Å²) in [6.07, 6.45) is 24.8. The Morgan fingerprint density at radius 3 is 1.22 bits per heavy atom. The molecule has 0 heterocycles. The topological polar surface area (TPSA) is 194 Å². The summed E-state index contributed by atoms with van der Waals surface area (Å²) in [5.74, 6) is -0.747. The van der Waals surface area contributed by atoms with Crippen LogP contribution in [0.4, 0.5) is 0 Å². The van der Waals surface area contributed by atoms with Crippen molar-refractivity contribution in [2.45, 2.75) is 188 Å². The lowest BCUT2D eigenvalue weighted by Gasteiger charge is -2.19. The number of methoxy groups -OCH3 is 1. The summed E-state index contributed by atoms with van der Waals surface area (Å²) in [5.41, 5.74) is 0. The van der Waals surface area contributed by atoms with Crippen molar-refractivity contribution in [3.8, 4) is 0 Å². The highest BCUT2D eigenvalue weighted by molar-refractivity contribution is 5.73. The molecule has 0 aliphatic heterocycles. The first-order valence-electron chi connectivity index (χ1n) is 28.9. The van der Waals surface area contributed by atoms with Crippen molar-refractivity contribution in [3.05, 3.63) is 0 Å². The van der Waals surface area contributed by atoms with Gasteiger partial charge in [-0.2, -0.15) is 0 Å². The molecule has 17 heteroatoms. The first-order chi connectivity index (χ1) is 35.8. The summed E-state index contributed by atoms with van der Waals surface area (Å²) in [6, 6.07) is 0. The first-order valence-corrected chi connectivity index (χ1v) is 28.9. The third-order valence-electron chi connectivity index (χ3n) is 12.1. The van der Waals surface area contributed by atoms with Crippen molar-refractivity contribution in [1.29, 1.82) is 0 Å². The van der Waals surface area contributed by atoms with E-state index in [1.807, 2.05) is 0 Å². The Morgan fingerprint density at radius 2 is 0.740 bits per heavy atom. The van der Waals surface area contributed by atoms with Crippen LogP contribution in [-0.2, 0) is 71.3 Å². The lowest BCUT2D eigenvalue weighted by molar-refractivity contribution is -0.150. The average Bonchev–Trinajstić information content (AvgIpc) is 3.39. The van der Waals surface area contributed by atoms with Crippen LogP contribution in [0.5, 0.6) is 0 Å². The molecule has 0 spiro atoms. The minimum atomic E-state index is -0.419. The van der Waals surface area contributed by atoms with Gasteiger partial charge in [-0.25, -0.2) is 0 Å². The molecule has 0 saturated carbocycles. The molecule has 17 nitrogen and oxygen atoms in total. The molecule has 0 bridgehead atoms. The fraction of sp³-hybridized carbons (Fsp3) is 0.929.